The lowest BCUT2D eigenvalue weighted by molar-refractivity contribution is 0.119. The van der Waals surface area contributed by atoms with Crippen LogP contribution >= 0.6 is 0 Å². The molecule has 0 fully saturated rings. The summed E-state index contributed by atoms with van der Waals surface area (Å²) in [6.07, 6.45) is 27.2. The Kier molecular flexibility index (Phi) is 24.4. The summed E-state index contributed by atoms with van der Waals surface area (Å²) in [5.74, 6) is 0. The topological polar surface area (TPSA) is 41.6 Å². The average molecular weight is 497 g/mol. The first kappa shape index (κ1) is 34.2. The van der Waals surface area contributed by atoms with E-state index in [2.05, 4.69) is 24.1 Å². The third kappa shape index (κ3) is 27.7. The maximum atomic E-state index is 12.0. The summed E-state index contributed by atoms with van der Waals surface area (Å²) >= 11 is 0. The van der Waals surface area contributed by atoms with Crippen molar-refractivity contribution in [1.82, 2.24) is 10.2 Å². The Hall–Kier alpha value is -0.770. The van der Waals surface area contributed by atoms with E-state index in [0.717, 1.165) is 19.6 Å². The Morgan fingerprint density at radius 2 is 0.914 bits per heavy atom. The molecule has 0 aliphatic rings. The smallest absolute Gasteiger partial charge is 0.407 e. The predicted molar refractivity (Wildman–Crippen MR) is 154 cm³/mol. The van der Waals surface area contributed by atoms with E-state index in [1.165, 1.54) is 128 Å². The highest BCUT2D eigenvalue weighted by Gasteiger charge is 2.15. The molecule has 0 aromatic carbocycles. The molecule has 210 valence electrons. The van der Waals surface area contributed by atoms with Gasteiger partial charge in [-0.25, -0.2) is 4.79 Å². The van der Waals surface area contributed by atoms with Gasteiger partial charge in [-0.3, -0.25) is 4.90 Å². The largest absolute Gasteiger partial charge is 0.448 e. The van der Waals surface area contributed by atoms with Crippen molar-refractivity contribution in [3.05, 3.63) is 0 Å². The minimum absolute atomic E-state index is 0.247. The third-order valence-corrected chi connectivity index (χ3v) is 6.77. The van der Waals surface area contributed by atoms with Crippen LogP contribution in [0.5, 0.6) is 0 Å². The lowest BCUT2D eigenvalue weighted by atomic mass is 10.1. The van der Waals surface area contributed by atoms with Gasteiger partial charge < -0.3 is 10.1 Å². The highest BCUT2D eigenvalue weighted by Crippen LogP contribution is 2.13. The Labute approximate surface area is 220 Å². The number of amides is 1. The lowest BCUT2D eigenvalue weighted by Gasteiger charge is -2.24. The first-order valence-electron chi connectivity index (χ1n) is 15.6. The van der Waals surface area contributed by atoms with Gasteiger partial charge in [-0.2, -0.15) is 0 Å². The van der Waals surface area contributed by atoms with Gasteiger partial charge in [0.2, 0.25) is 0 Å². The average Bonchev–Trinajstić information content (AvgIpc) is 2.79. The van der Waals surface area contributed by atoms with Crippen molar-refractivity contribution in [2.45, 2.75) is 169 Å². The molecule has 0 aromatic rings. The van der Waals surface area contributed by atoms with E-state index >= 15 is 0 Å². The zero-order valence-electron chi connectivity index (χ0n) is 24.7. The maximum absolute atomic E-state index is 12.0. The molecule has 0 aliphatic carbocycles. The molecule has 0 radical (unpaired) electrons. The molecule has 35 heavy (non-hydrogen) atoms. The molecule has 1 N–H and O–H groups in total. The van der Waals surface area contributed by atoms with E-state index in [1.807, 2.05) is 20.8 Å². The van der Waals surface area contributed by atoms with Gasteiger partial charge in [-0.05, 0) is 46.7 Å². The first-order valence-corrected chi connectivity index (χ1v) is 15.6. The number of rotatable bonds is 25. The molecular formula is C31H64N2O2. The van der Waals surface area contributed by atoms with Crippen molar-refractivity contribution >= 4 is 6.09 Å². The van der Waals surface area contributed by atoms with Crippen LogP contribution in [-0.4, -0.2) is 42.8 Å². The normalized spacial score (nSPS) is 11.8. The van der Waals surface area contributed by atoms with Crippen LogP contribution in [0, 0.1) is 0 Å². The van der Waals surface area contributed by atoms with Crippen molar-refractivity contribution < 1.29 is 9.53 Å². The monoisotopic (exact) mass is 496 g/mol. The van der Waals surface area contributed by atoms with E-state index in [9.17, 15) is 4.79 Å². The maximum Gasteiger partial charge on any atom is 0.407 e. The summed E-state index contributed by atoms with van der Waals surface area (Å²) in [7, 11) is 0. The van der Waals surface area contributed by atoms with Gasteiger partial charge in [-0.1, -0.05) is 129 Å². The number of carbonyl (C=O) groups is 1. The van der Waals surface area contributed by atoms with Crippen molar-refractivity contribution in [2.75, 3.05) is 26.2 Å². The van der Waals surface area contributed by atoms with Crippen LogP contribution in [0.4, 0.5) is 4.79 Å². The molecule has 0 bridgehead atoms. The highest BCUT2D eigenvalue weighted by molar-refractivity contribution is 5.68. The Morgan fingerprint density at radius 3 is 1.26 bits per heavy atom. The SMILES string of the molecule is CCCCCCCCCCCCN(CCCCCCCCCCCC)CCOC(=O)NC(C)(C)C. The molecule has 0 heterocycles. The Bertz CT molecular complexity index is 424. The van der Waals surface area contributed by atoms with Crippen LogP contribution in [-0.2, 0) is 4.74 Å². The predicted octanol–water partition coefficient (Wildman–Crippen LogP) is 9.65. The summed E-state index contributed by atoms with van der Waals surface area (Å²) in [4.78, 5) is 14.5. The summed E-state index contributed by atoms with van der Waals surface area (Å²) in [6, 6.07) is 0. The molecule has 1 amide bonds. The number of alkyl carbamates (subject to hydrolysis) is 1. The lowest BCUT2D eigenvalue weighted by Crippen LogP contribution is -2.42. The Balaban J connectivity index is 4.02. The molecule has 0 rings (SSSR count). The number of carbonyl (C=O) groups excluding carboxylic acids is 1. The fraction of sp³-hybridized carbons (Fsp3) is 0.968. The Morgan fingerprint density at radius 1 is 0.571 bits per heavy atom. The molecule has 0 aliphatic heterocycles. The van der Waals surface area contributed by atoms with Gasteiger partial charge in [0.1, 0.15) is 6.61 Å². The summed E-state index contributed by atoms with van der Waals surface area (Å²) in [5, 5.41) is 2.89. The van der Waals surface area contributed by atoms with E-state index in [1.54, 1.807) is 0 Å². The molecule has 4 heteroatoms. The second kappa shape index (κ2) is 24.9. The number of nitrogens with one attached hydrogen (secondary N) is 1. The van der Waals surface area contributed by atoms with E-state index in [4.69, 9.17) is 4.74 Å². The fourth-order valence-electron chi connectivity index (χ4n) is 4.59. The molecule has 0 spiro atoms. The standard InChI is InChI=1S/C31H64N2O2/c1-6-8-10-12-14-16-18-20-22-24-26-33(28-29-35-30(34)32-31(3,4)5)27-25-23-21-19-17-15-13-11-9-7-2/h6-29H2,1-5H3,(H,32,34). The van der Waals surface area contributed by atoms with Crippen molar-refractivity contribution in [3.63, 3.8) is 0 Å². The molecular weight excluding hydrogens is 432 g/mol. The summed E-state index contributed by atoms with van der Waals surface area (Å²) in [5.41, 5.74) is -0.247. The zero-order valence-corrected chi connectivity index (χ0v) is 24.7. The van der Waals surface area contributed by atoms with Crippen molar-refractivity contribution in [2.24, 2.45) is 0 Å². The van der Waals surface area contributed by atoms with E-state index < -0.39 is 0 Å². The van der Waals surface area contributed by atoms with Gasteiger partial charge in [0.15, 0.2) is 0 Å². The molecule has 0 saturated heterocycles. The number of hydrogen-bond donors (Lipinski definition) is 1. The molecule has 0 atom stereocenters. The van der Waals surface area contributed by atoms with Crippen LogP contribution in [0.3, 0.4) is 0 Å². The third-order valence-electron chi connectivity index (χ3n) is 6.77. The number of unbranched alkanes of at least 4 members (excludes halogenated alkanes) is 18. The van der Waals surface area contributed by atoms with E-state index in [0.29, 0.717) is 6.61 Å². The van der Waals surface area contributed by atoms with Gasteiger partial charge in [0, 0.05) is 12.1 Å². The van der Waals surface area contributed by atoms with Crippen molar-refractivity contribution in [1.29, 1.82) is 0 Å². The summed E-state index contributed by atoms with van der Waals surface area (Å²) in [6.45, 7) is 14.1. The van der Waals surface area contributed by atoms with E-state index in [-0.39, 0.29) is 11.6 Å². The zero-order chi connectivity index (χ0) is 26.0. The van der Waals surface area contributed by atoms with Crippen LogP contribution in [0.25, 0.3) is 0 Å². The molecule has 0 unspecified atom stereocenters. The van der Waals surface area contributed by atoms with Gasteiger partial charge in [-0.15, -0.1) is 0 Å². The fourth-order valence-corrected chi connectivity index (χ4v) is 4.59. The second-order valence-corrected chi connectivity index (χ2v) is 11.7. The van der Waals surface area contributed by atoms with Crippen LogP contribution < -0.4 is 5.32 Å². The molecule has 0 aromatic heterocycles. The molecule has 0 saturated carbocycles. The quantitative estimate of drug-likeness (QED) is 0.128. The highest BCUT2D eigenvalue weighted by atomic mass is 16.5. The minimum Gasteiger partial charge on any atom is -0.448 e. The van der Waals surface area contributed by atoms with Crippen LogP contribution in [0.1, 0.15) is 163 Å². The number of hydrogen-bond acceptors (Lipinski definition) is 3. The summed E-state index contributed by atoms with van der Waals surface area (Å²) < 4.78 is 5.46. The van der Waals surface area contributed by atoms with Crippen LogP contribution in [0.2, 0.25) is 0 Å². The van der Waals surface area contributed by atoms with Gasteiger partial charge in [0.25, 0.3) is 0 Å². The van der Waals surface area contributed by atoms with Crippen molar-refractivity contribution in [3.8, 4) is 0 Å². The second-order valence-electron chi connectivity index (χ2n) is 11.7. The number of ether oxygens (including phenoxy) is 1. The van der Waals surface area contributed by atoms with Gasteiger partial charge >= 0.3 is 6.09 Å². The van der Waals surface area contributed by atoms with Crippen LogP contribution in [0.15, 0.2) is 0 Å². The first-order chi connectivity index (χ1) is 16.9. The minimum atomic E-state index is -0.296. The number of nitrogens with zero attached hydrogens (tertiary/aromatic N) is 1. The van der Waals surface area contributed by atoms with Gasteiger partial charge in [0.05, 0.1) is 0 Å². The molecule has 4 nitrogen and oxygen atoms in total.